The van der Waals surface area contributed by atoms with Crippen molar-refractivity contribution in [3.8, 4) is 0 Å². The van der Waals surface area contributed by atoms with E-state index in [0.29, 0.717) is 18.1 Å². The number of nitrogen functional groups attached to an aromatic ring is 1. The Kier molecular flexibility index (Phi) is 3.46. The number of nitrogens with one attached hydrogen (secondary N) is 1. The first-order valence-corrected chi connectivity index (χ1v) is 8.31. The highest BCUT2D eigenvalue weighted by atomic mass is 35.5. The van der Waals surface area contributed by atoms with Gasteiger partial charge in [0.2, 0.25) is 10.0 Å². The van der Waals surface area contributed by atoms with E-state index in [2.05, 4.69) is 5.32 Å². The third kappa shape index (κ3) is 2.43. The molecule has 0 saturated carbocycles. The van der Waals surface area contributed by atoms with E-state index in [0.717, 1.165) is 0 Å². The predicted molar refractivity (Wildman–Crippen MR) is 78.5 cm³/mol. The topological polar surface area (TPSA) is 95.7 Å². The summed E-state index contributed by atoms with van der Waals surface area (Å²) in [4.78, 5) is 13.3. The van der Waals surface area contributed by atoms with E-state index in [1.807, 2.05) is 0 Å². The number of nitrogens with zero attached hydrogens (tertiary/aromatic N) is 2. The molecule has 2 aliphatic rings. The van der Waals surface area contributed by atoms with Crippen molar-refractivity contribution in [1.82, 2.24) is 14.5 Å². The summed E-state index contributed by atoms with van der Waals surface area (Å²) in [6, 6.07) is 4.07. The summed E-state index contributed by atoms with van der Waals surface area (Å²) in [6.45, 7) is 1.36. The van der Waals surface area contributed by atoms with Gasteiger partial charge in [-0.3, -0.25) is 0 Å². The average Bonchev–Trinajstić information content (AvgIpc) is 2.79. The van der Waals surface area contributed by atoms with Gasteiger partial charge in [-0.15, -0.1) is 0 Å². The molecule has 2 amide bonds. The summed E-state index contributed by atoms with van der Waals surface area (Å²) in [7, 11) is -3.68. The summed E-state index contributed by atoms with van der Waals surface area (Å²) in [6.07, 6.45) is 0. The Bertz CT molecular complexity index is 694. The molecule has 3 rings (SSSR count). The number of fused-ring (bicyclic) bond motifs is 1. The van der Waals surface area contributed by atoms with E-state index in [1.54, 1.807) is 4.90 Å². The van der Waals surface area contributed by atoms with E-state index < -0.39 is 10.0 Å². The van der Waals surface area contributed by atoms with Crippen LogP contribution in [0.5, 0.6) is 0 Å². The number of benzene rings is 1. The Morgan fingerprint density at radius 2 is 2.10 bits per heavy atom. The number of nitrogens with two attached hydrogens (primary N) is 1. The summed E-state index contributed by atoms with van der Waals surface area (Å²) in [5, 5.41) is 3.11. The maximum atomic E-state index is 12.7. The number of carbonyl (C=O) groups excluding carboxylic acids is 1. The Hall–Kier alpha value is -1.51. The molecule has 9 heteroatoms. The molecule has 2 saturated heterocycles. The first-order valence-electron chi connectivity index (χ1n) is 6.49. The number of amides is 2. The molecule has 21 heavy (non-hydrogen) atoms. The quantitative estimate of drug-likeness (QED) is 0.763. The smallest absolute Gasteiger partial charge is 0.317 e. The van der Waals surface area contributed by atoms with Crippen molar-refractivity contribution in [2.24, 2.45) is 0 Å². The van der Waals surface area contributed by atoms with Crippen molar-refractivity contribution in [1.29, 1.82) is 0 Å². The second kappa shape index (κ2) is 5.04. The lowest BCUT2D eigenvalue weighted by molar-refractivity contribution is 0.164. The van der Waals surface area contributed by atoms with Crippen molar-refractivity contribution < 1.29 is 13.2 Å². The summed E-state index contributed by atoms with van der Waals surface area (Å²) in [5.41, 5.74) is 5.91. The molecule has 1 unspecified atom stereocenters. The van der Waals surface area contributed by atoms with Crippen molar-refractivity contribution in [3.05, 3.63) is 23.2 Å². The van der Waals surface area contributed by atoms with Crippen molar-refractivity contribution in [2.45, 2.75) is 10.9 Å². The van der Waals surface area contributed by atoms with Crippen LogP contribution in [-0.2, 0) is 10.0 Å². The zero-order valence-electron chi connectivity index (χ0n) is 11.1. The van der Waals surface area contributed by atoms with Crippen LogP contribution in [0.4, 0.5) is 10.5 Å². The normalized spacial score (nSPS) is 23.0. The van der Waals surface area contributed by atoms with E-state index in [-0.39, 0.29) is 35.7 Å². The van der Waals surface area contributed by atoms with Crippen molar-refractivity contribution in [2.75, 3.05) is 31.9 Å². The molecular formula is C12H15ClN4O3S. The number of rotatable bonds is 2. The fraction of sp³-hybridized carbons (Fsp3) is 0.417. The summed E-state index contributed by atoms with van der Waals surface area (Å²) in [5.74, 6) is 0. The maximum Gasteiger partial charge on any atom is 0.317 e. The van der Waals surface area contributed by atoms with Gasteiger partial charge >= 0.3 is 6.03 Å². The number of urea groups is 1. The monoisotopic (exact) mass is 330 g/mol. The molecule has 1 atom stereocenters. The van der Waals surface area contributed by atoms with E-state index >= 15 is 0 Å². The van der Waals surface area contributed by atoms with Crippen LogP contribution in [0.2, 0.25) is 5.02 Å². The van der Waals surface area contributed by atoms with Crippen LogP contribution < -0.4 is 11.1 Å². The number of hydrogen-bond acceptors (Lipinski definition) is 4. The Morgan fingerprint density at radius 1 is 1.33 bits per heavy atom. The number of sulfonamides is 1. The molecule has 7 nitrogen and oxygen atoms in total. The van der Waals surface area contributed by atoms with Crippen LogP contribution in [0.3, 0.4) is 0 Å². The number of anilines is 1. The zero-order chi connectivity index (χ0) is 15.2. The molecule has 0 aromatic heterocycles. The van der Waals surface area contributed by atoms with Gasteiger partial charge in [-0.1, -0.05) is 11.6 Å². The molecule has 0 radical (unpaired) electrons. The minimum absolute atomic E-state index is 0.0534. The lowest BCUT2D eigenvalue weighted by Crippen LogP contribution is -2.53. The highest BCUT2D eigenvalue weighted by molar-refractivity contribution is 7.89. The Morgan fingerprint density at radius 3 is 2.81 bits per heavy atom. The number of hydrogen-bond donors (Lipinski definition) is 2. The van der Waals surface area contributed by atoms with Gasteiger partial charge in [0.1, 0.15) is 4.90 Å². The number of halogens is 1. The molecule has 1 aromatic carbocycles. The van der Waals surface area contributed by atoms with Crippen LogP contribution in [0.25, 0.3) is 0 Å². The third-order valence-electron chi connectivity index (χ3n) is 3.78. The third-order valence-corrected chi connectivity index (χ3v) is 5.96. The molecule has 1 aromatic rings. The second-order valence-electron chi connectivity index (χ2n) is 5.08. The van der Waals surface area contributed by atoms with Crippen LogP contribution in [0.15, 0.2) is 23.1 Å². The highest BCUT2D eigenvalue weighted by Gasteiger charge is 2.40. The standard InChI is InChI=1S/C12H15ClN4O3S/c13-8-1-2-11(10(14)5-8)21(19,20)16-3-4-17-9(7-16)6-15-12(17)18/h1-2,5,9H,3-4,6-7,14H2,(H,15,18). The van der Waals surface area contributed by atoms with Crippen LogP contribution in [0, 0.1) is 0 Å². The van der Waals surface area contributed by atoms with Gasteiger partial charge in [-0.05, 0) is 18.2 Å². The van der Waals surface area contributed by atoms with E-state index in [4.69, 9.17) is 17.3 Å². The van der Waals surface area contributed by atoms with Gasteiger partial charge in [0.25, 0.3) is 0 Å². The molecule has 2 fully saturated rings. The Balaban J connectivity index is 1.87. The van der Waals surface area contributed by atoms with Gasteiger partial charge in [0.15, 0.2) is 0 Å². The minimum atomic E-state index is -3.68. The molecule has 0 aliphatic carbocycles. The second-order valence-corrected chi connectivity index (χ2v) is 7.42. The average molecular weight is 331 g/mol. The fourth-order valence-electron chi connectivity index (χ4n) is 2.69. The summed E-state index contributed by atoms with van der Waals surface area (Å²) >= 11 is 5.80. The molecule has 0 bridgehead atoms. The first kappa shape index (κ1) is 14.4. The molecule has 0 spiro atoms. The van der Waals surface area contributed by atoms with Gasteiger partial charge in [0.05, 0.1) is 11.7 Å². The first-order chi connectivity index (χ1) is 9.89. The van der Waals surface area contributed by atoms with Crippen LogP contribution >= 0.6 is 11.6 Å². The molecule has 2 heterocycles. The SMILES string of the molecule is Nc1cc(Cl)ccc1S(=O)(=O)N1CCN2C(=O)NCC2C1. The van der Waals surface area contributed by atoms with Crippen molar-refractivity contribution >= 4 is 33.3 Å². The van der Waals surface area contributed by atoms with Crippen molar-refractivity contribution in [3.63, 3.8) is 0 Å². The Labute approximate surface area is 127 Å². The zero-order valence-corrected chi connectivity index (χ0v) is 12.7. The van der Waals surface area contributed by atoms with Gasteiger partial charge in [-0.2, -0.15) is 4.31 Å². The molecule has 3 N–H and O–H groups in total. The van der Waals surface area contributed by atoms with Gasteiger partial charge < -0.3 is 16.0 Å². The fourth-order valence-corrected chi connectivity index (χ4v) is 4.43. The van der Waals surface area contributed by atoms with E-state index in [9.17, 15) is 13.2 Å². The lowest BCUT2D eigenvalue weighted by atomic mass is 10.2. The number of piperazine rings is 1. The number of carbonyl (C=O) groups is 1. The largest absolute Gasteiger partial charge is 0.398 e. The molecular weight excluding hydrogens is 316 g/mol. The van der Waals surface area contributed by atoms with Gasteiger partial charge in [-0.25, -0.2) is 13.2 Å². The predicted octanol–water partition coefficient (Wildman–Crippen LogP) is 0.320. The molecule has 2 aliphatic heterocycles. The maximum absolute atomic E-state index is 12.7. The summed E-state index contributed by atoms with van der Waals surface area (Å²) < 4.78 is 26.7. The minimum Gasteiger partial charge on any atom is -0.398 e. The van der Waals surface area contributed by atoms with Gasteiger partial charge in [0, 0.05) is 31.2 Å². The highest BCUT2D eigenvalue weighted by Crippen LogP contribution is 2.27. The van der Waals surface area contributed by atoms with Crippen LogP contribution in [-0.4, -0.2) is 55.9 Å². The molecule has 114 valence electrons. The lowest BCUT2D eigenvalue weighted by Gasteiger charge is -2.35. The van der Waals surface area contributed by atoms with Crippen LogP contribution in [0.1, 0.15) is 0 Å². The van der Waals surface area contributed by atoms with E-state index in [1.165, 1.54) is 22.5 Å².